The lowest BCUT2D eigenvalue weighted by molar-refractivity contribution is 0.299. The van der Waals surface area contributed by atoms with Gasteiger partial charge in [0.2, 0.25) is 0 Å². The Morgan fingerprint density at radius 3 is 3.18 bits per heavy atom. The third-order valence-corrected chi connectivity index (χ3v) is 4.18. The molecule has 2 saturated heterocycles. The predicted octanol–water partition coefficient (Wildman–Crippen LogP) is 0.789. The van der Waals surface area contributed by atoms with E-state index in [1.54, 1.807) is 0 Å². The second-order valence-corrected chi connectivity index (χ2v) is 5.37. The van der Waals surface area contributed by atoms with E-state index in [4.69, 9.17) is 0 Å². The maximum absolute atomic E-state index is 4.20. The maximum atomic E-state index is 4.20. The molecule has 94 valence electrons. The van der Waals surface area contributed by atoms with Crippen LogP contribution >= 0.6 is 0 Å². The molecule has 2 fully saturated rings. The molecule has 2 aliphatic rings. The minimum atomic E-state index is 0.731. The van der Waals surface area contributed by atoms with Gasteiger partial charge in [0.1, 0.15) is 0 Å². The fraction of sp³-hybridized carbons (Fsp3) is 0.769. The van der Waals surface area contributed by atoms with Gasteiger partial charge in [0, 0.05) is 31.9 Å². The molecule has 2 unspecified atom stereocenters. The Balaban J connectivity index is 1.45. The van der Waals surface area contributed by atoms with Crippen molar-refractivity contribution >= 4 is 0 Å². The summed E-state index contributed by atoms with van der Waals surface area (Å²) in [7, 11) is 1.98. The van der Waals surface area contributed by atoms with Crippen molar-refractivity contribution in [3.05, 3.63) is 18.0 Å². The fourth-order valence-electron chi connectivity index (χ4n) is 3.32. The van der Waals surface area contributed by atoms with Crippen LogP contribution in [0.15, 0.2) is 12.4 Å². The van der Waals surface area contributed by atoms with Crippen LogP contribution in [0.25, 0.3) is 0 Å². The Morgan fingerprint density at radius 1 is 1.41 bits per heavy atom. The summed E-state index contributed by atoms with van der Waals surface area (Å²) in [6.45, 7) is 3.71. The maximum Gasteiger partial charge on any atom is 0.0522 e. The van der Waals surface area contributed by atoms with E-state index in [-0.39, 0.29) is 0 Å². The van der Waals surface area contributed by atoms with Crippen molar-refractivity contribution in [1.82, 2.24) is 20.0 Å². The van der Waals surface area contributed by atoms with E-state index in [1.165, 1.54) is 37.9 Å². The number of hydrogen-bond donors (Lipinski definition) is 1. The molecule has 0 bridgehead atoms. The smallest absolute Gasteiger partial charge is 0.0522 e. The van der Waals surface area contributed by atoms with E-state index in [0.717, 1.165) is 25.0 Å². The molecule has 17 heavy (non-hydrogen) atoms. The number of hydrogen-bond acceptors (Lipinski definition) is 3. The third kappa shape index (κ3) is 2.38. The molecular formula is C13H22N4. The molecule has 1 aromatic heterocycles. The Labute approximate surface area is 103 Å². The van der Waals surface area contributed by atoms with Crippen LogP contribution in [0.2, 0.25) is 0 Å². The van der Waals surface area contributed by atoms with Gasteiger partial charge >= 0.3 is 0 Å². The number of aryl methyl sites for hydroxylation is 1. The highest BCUT2D eigenvalue weighted by atomic mass is 15.2. The molecule has 2 aliphatic heterocycles. The first-order valence-corrected chi connectivity index (χ1v) is 6.78. The summed E-state index contributed by atoms with van der Waals surface area (Å²) >= 11 is 0. The van der Waals surface area contributed by atoms with Gasteiger partial charge < -0.3 is 5.32 Å². The summed E-state index contributed by atoms with van der Waals surface area (Å²) in [5, 5.41) is 7.93. The Hall–Kier alpha value is -0.870. The van der Waals surface area contributed by atoms with Gasteiger partial charge in [0.25, 0.3) is 0 Å². The molecule has 1 aromatic rings. The molecule has 2 atom stereocenters. The van der Waals surface area contributed by atoms with Crippen LogP contribution in [0.4, 0.5) is 0 Å². The first kappa shape index (κ1) is 11.2. The lowest BCUT2D eigenvalue weighted by Gasteiger charge is -2.21. The molecule has 4 heteroatoms. The number of nitrogens with one attached hydrogen (secondary N) is 1. The summed E-state index contributed by atoms with van der Waals surface area (Å²) in [5.74, 6) is 0. The summed E-state index contributed by atoms with van der Waals surface area (Å²) in [4.78, 5) is 2.65. The highest BCUT2D eigenvalue weighted by Crippen LogP contribution is 2.27. The van der Waals surface area contributed by atoms with Crippen LogP contribution in [-0.2, 0) is 13.5 Å². The van der Waals surface area contributed by atoms with Crippen LogP contribution in [0.1, 0.15) is 24.8 Å². The van der Waals surface area contributed by atoms with E-state index >= 15 is 0 Å². The average molecular weight is 234 g/mol. The third-order valence-electron chi connectivity index (χ3n) is 4.18. The summed E-state index contributed by atoms with van der Waals surface area (Å²) in [6, 6.07) is 1.55. The minimum Gasteiger partial charge on any atom is -0.312 e. The van der Waals surface area contributed by atoms with Gasteiger partial charge in [-0.05, 0) is 44.3 Å². The second kappa shape index (κ2) is 4.78. The molecule has 0 radical (unpaired) electrons. The lowest BCUT2D eigenvalue weighted by Crippen LogP contribution is -2.39. The van der Waals surface area contributed by atoms with Crippen molar-refractivity contribution in [3.8, 4) is 0 Å². The van der Waals surface area contributed by atoms with Crippen molar-refractivity contribution in [2.24, 2.45) is 7.05 Å². The van der Waals surface area contributed by atoms with Gasteiger partial charge in [0.05, 0.1) is 6.20 Å². The van der Waals surface area contributed by atoms with Gasteiger partial charge in [-0.25, -0.2) is 0 Å². The van der Waals surface area contributed by atoms with Crippen molar-refractivity contribution in [2.45, 2.75) is 37.8 Å². The van der Waals surface area contributed by atoms with E-state index < -0.39 is 0 Å². The van der Waals surface area contributed by atoms with Crippen molar-refractivity contribution in [1.29, 1.82) is 0 Å². The quantitative estimate of drug-likeness (QED) is 0.836. The summed E-state index contributed by atoms with van der Waals surface area (Å²) in [6.07, 6.45) is 9.29. The van der Waals surface area contributed by atoms with Crippen LogP contribution in [0.5, 0.6) is 0 Å². The number of rotatable bonds is 4. The molecular weight excluding hydrogens is 212 g/mol. The van der Waals surface area contributed by atoms with E-state index in [2.05, 4.69) is 21.5 Å². The normalized spacial score (nSPS) is 28.8. The lowest BCUT2D eigenvalue weighted by atomic mass is 10.1. The van der Waals surface area contributed by atoms with Gasteiger partial charge in [-0.1, -0.05) is 0 Å². The van der Waals surface area contributed by atoms with Gasteiger partial charge in [-0.3, -0.25) is 9.58 Å². The largest absolute Gasteiger partial charge is 0.312 e. The van der Waals surface area contributed by atoms with E-state index in [0.29, 0.717) is 0 Å². The molecule has 0 amide bonds. The molecule has 1 N–H and O–H groups in total. The van der Waals surface area contributed by atoms with E-state index in [9.17, 15) is 0 Å². The molecule has 0 saturated carbocycles. The summed E-state index contributed by atoms with van der Waals surface area (Å²) < 4.78 is 1.88. The highest BCUT2D eigenvalue weighted by molar-refractivity contribution is 5.04. The zero-order valence-corrected chi connectivity index (χ0v) is 10.6. The molecule has 3 heterocycles. The van der Waals surface area contributed by atoms with Crippen LogP contribution < -0.4 is 5.32 Å². The van der Waals surface area contributed by atoms with Crippen LogP contribution in [-0.4, -0.2) is 46.4 Å². The second-order valence-electron chi connectivity index (χ2n) is 5.37. The van der Waals surface area contributed by atoms with Gasteiger partial charge in [-0.15, -0.1) is 0 Å². The number of fused-ring (bicyclic) bond motifs is 1. The first-order valence-electron chi connectivity index (χ1n) is 6.78. The van der Waals surface area contributed by atoms with Crippen LogP contribution in [0.3, 0.4) is 0 Å². The highest BCUT2D eigenvalue weighted by Gasteiger charge is 2.36. The topological polar surface area (TPSA) is 33.1 Å². The molecule has 0 aromatic carbocycles. The number of nitrogens with zero attached hydrogens (tertiary/aromatic N) is 3. The van der Waals surface area contributed by atoms with Crippen molar-refractivity contribution in [3.63, 3.8) is 0 Å². The average Bonchev–Trinajstić information content (AvgIpc) is 2.97. The molecule has 0 spiro atoms. The molecule has 3 rings (SSSR count). The first-order chi connectivity index (χ1) is 8.33. The number of aromatic nitrogens is 2. The Morgan fingerprint density at radius 2 is 2.35 bits per heavy atom. The predicted molar refractivity (Wildman–Crippen MR) is 67.9 cm³/mol. The van der Waals surface area contributed by atoms with Crippen molar-refractivity contribution < 1.29 is 0 Å². The van der Waals surface area contributed by atoms with Gasteiger partial charge in [0.15, 0.2) is 0 Å². The van der Waals surface area contributed by atoms with Crippen molar-refractivity contribution in [2.75, 3.05) is 19.6 Å². The standard InChI is InChI=1S/C13H22N4/c1-16-10-11(9-15-16)4-6-14-12-5-8-17-7-2-3-13(12)17/h9-10,12-14H,2-8H2,1H3. The zero-order valence-electron chi connectivity index (χ0n) is 10.6. The zero-order chi connectivity index (χ0) is 11.7. The Bertz CT molecular complexity index is 373. The SMILES string of the molecule is Cn1cc(CCNC2CCN3CCCC23)cn1. The fourth-order valence-corrected chi connectivity index (χ4v) is 3.32. The van der Waals surface area contributed by atoms with E-state index in [1.807, 2.05) is 17.9 Å². The van der Waals surface area contributed by atoms with Crippen LogP contribution in [0, 0.1) is 0 Å². The molecule has 4 nitrogen and oxygen atoms in total. The monoisotopic (exact) mass is 234 g/mol. The van der Waals surface area contributed by atoms with Gasteiger partial charge in [-0.2, -0.15) is 5.10 Å². The Kier molecular flexibility index (Phi) is 3.16. The summed E-state index contributed by atoms with van der Waals surface area (Å²) in [5.41, 5.74) is 1.33. The minimum absolute atomic E-state index is 0.731. The molecule has 0 aliphatic carbocycles.